The maximum absolute atomic E-state index is 12.8. The lowest BCUT2D eigenvalue weighted by Crippen LogP contribution is -2.35. The van der Waals surface area contributed by atoms with Gasteiger partial charge in [0.15, 0.2) is 0 Å². The van der Waals surface area contributed by atoms with Gasteiger partial charge < -0.3 is 10.2 Å². The Hall–Kier alpha value is -2.54. The van der Waals surface area contributed by atoms with Crippen LogP contribution in [0.4, 0.5) is 16.2 Å². The van der Waals surface area contributed by atoms with E-state index in [1.807, 2.05) is 11.0 Å². The highest BCUT2D eigenvalue weighted by Crippen LogP contribution is 2.25. The number of urea groups is 1. The number of carbonyl (C=O) groups is 1. The minimum atomic E-state index is -3.65. The van der Waals surface area contributed by atoms with Crippen LogP contribution >= 0.6 is 0 Å². The van der Waals surface area contributed by atoms with Crippen molar-refractivity contribution in [3.63, 3.8) is 0 Å². The third kappa shape index (κ3) is 4.95. The van der Waals surface area contributed by atoms with Crippen molar-refractivity contribution in [2.75, 3.05) is 23.1 Å². The van der Waals surface area contributed by atoms with Crippen molar-refractivity contribution in [1.82, 2.24) is 4.90 Å². The summed E-state index contributed by atoms with van der Waals surface area (Å²) in [6, 6.07) is 12.1. The van der Waals surface area contributed by atoms with Crippen LogP contribution in [-0.2, 0) is 22.9 Å². The van der Waals surface area contributed by atoms with Crippen LogP contribution in [0.3, 0.4) is 0 Å². The van der Waals surface area contributed by atoms with Gasteiger partial charge in [-0.15, -0.1) is 0 Å². The minimum Gasteiger partial charge on any atom is -0.325 e. The highest BCUT2D eigenvalue weighted by molar-refractivity contribution is 7.92. The smallest absolute Gasteiger partial charge is 0.321 e. The van der Waals surface area contributed by atoms with E-state index in [0.29, 0.717) is 16.3 Å². The molecule has 30 heavy (non-hydrogen) atoms. The van der Waals surface area contributed by atoms with E-state index in [0.717, 1.165) is 57.2 Å². The Balaban J connectivity index is 1.40. The lowest BCUT2D eigenvalue weighted by Gasteiger charge is -2.21. The SMILES string of the molecule is O=C(Nc1ccc(NS(=O)(=O)c2ccc3c(c2)CCCC3)cc1)N1CCCCCC1. The monoisotopic (exact) mass is 427 g/mol. The number of benzene rings is 2. The number of anilines is 2. The highest BCUT2D eigenvalue weighted by Gasteiger charge is 2.18. The topological polar surface area (TPSA) is 78.5 Å². The molecule has 6 nitrogen and oxygen atoms in total. The normalized spacial score (nSPS) is 17.0. The van der Waals surface area contributed by atoms with Crippen LogP contribution in [0.5, 0.6) is 0 Å². The molecule has 2 aliphatic rings. The Labute approximate surface area is 178 Å². The highest BCUT2D eigenvalue weighted by atomic mass is 32.2. The first-order valence-corrected chi connectivity index (χ1v) is 12.3. The summed E-state index contributed by atoms with van der Waals surface area (Å²) in [5.41, 5.74) is 3.52. The van der Waals surface area contributed by atoms with E-state index in [-0.39, 0.29) is 6.03 Å². The second-order valence-corrected chi connectivity index (χ2v) is 9.83. The third-order valence-corrected chi connectivity index (χ3v) is 7.29. The van der Waals surface area contributed by atoms with Crippen LogP contribution in [0, 0.1) is 0 Å². The predicted molar refractivity (Wildman–Crippen MR) is 119 cm³/mol. The molecule has 0 aromatic heterocycles. The van der Waals surface area contributed by atoms with Crippen molar-refractivity contribution < 1.29 is 13.2 Å². The van der Waals surface area contributed by atoms with Crippen molar-refractivity contribution in [3.8, 4) is 0 Å². The average Bonchev–Trinajstić information content (AvgIpc) is 3.04. The molecule has 1 aliphatic heterocycles. The van der Waals surface area contributed by atoms with Gasteiger partial charge in [0.05, 0.1) is 4.90 Å². The Morgan fingerprint density at radius 1 is 0.767 bits per heavy atom. The number of rotatable bonds is 4. The average molecular weight is 428 g/mol. The number of nitrogens with one attached hydrogen (secondary N) is 2. The number of nitrogens with zero attached hydrogens (tertiary/aromatic N) is 1. The van der Waals surface area contributed by atoms with Gasteiger partial charge in [0.1, 0.15) is 0 Å². The summed E-state index contributed by atoms with van der Waals surface area (Å²) in [6.45, 7) is 1.56. The van der Waals surface area contributed by atoms with Gasteiger partial charge in [0.2, 0.25) is 0 Å². The van der Waals surface area contributed by atoms with Crippen LogP contribution in [-0.4, -0.2) is 32.4 Å². The number of sulfonamides is 1. The molecule has 0 spiro atoms. The third-order valence-electron chi connectivity index (χ3n) is 5.91. The Morgan fingerprint density at radius 2 is 1.40 bits per heavy atom. The van der Waals surface area contributed by atoms with Gasteiger partial charge >= 0.3 is 6.03 Å². The van der Waals surface area contributed by atoms with E-state index < -0.39 is 10.0 Å². The van der Waals surface area contributed by atoms with E-state index in [4.69, 9.17) is 0 Å². The van der Waals surface area contributed by atoms with Gasteiger partial charge in [-0.1, -0.05) is 18.9 Å². The summed E-state index contributed by atoms with van der Waals surface area (Å²) in [4.78, 5) is 14.6. The van der Waals surface area contributed by atoms with Gasteiger partial charge in [-0.05, 0) is 86.1 Å². The molecule has 7 heteroatoms. The molecule has 2 N–H and O–H groups in total. The number of likely N-dealkylation sites (tertiary alicyclic amines) is 1. The lowest BCUT2D eigenvalue weighted by molar-refractivity contribution is 0.214. The summed E-state index contributed by atoms with van der Waals surface area (Å²) >= 11 is 0. The predicted octanol–water partition coefficient (Wildman–Crippen LogP) is 4.77. The largest absolute Gasteiger partial charge is 0.325 e. The first kappa shape index (κ1) is 20.7. The molecule has 160 valence electrons. The van der Waals surface area contributed by atoms with E-state index in [1.54, 1.807) is 36.4 Å². The van der Waals surface area contributed by atoms with Crippen molar-refractivity contribution in [1.29, 1.82) is 0 Å². The van der Waals surface area contributed by atoms with Gasteiger partial charge in [0, 0.05) is 24.5 Å². The Bertz CT molecular complexity index is 995. The number of hydrogen-bond acceptors (Lipinski definition) is 3. The number of fused-ring (bicyclic) bond motifs is 1. The molecule has 4 rings (SSSR count). The van der Waals surface area contributed by atoms with Crippen molar-refractivity contribution >= 4 is 27.4 Å². The summed E-state index contributed by atoms with van der Waals surface area (Å²) in [7, 11) is -3.65. The molecule has 0 atom stereocenters. The van der Waals surface area contributed by atoms with Crippen molar-refractivity contribution in [2.24, 2.45) is 0 Å². The zero-order chi connectivity index (χ0) is 21.0. The van der Waals surface area contributed by atoms with Crippen molar-refractivity contribution in [2.45, 2.75) is 56.3 Å². The van der Waals surface area contributed by atoms with Gasteiger partial charge in [0.25, 0.3) is 10.0 Å². The molecule has 2 aromatic carbocycles. The fourth-order valence-electron chi connectivity index (χ4n) is 4.19. The molecule has 1 saturated heterocycles. The van der Waals surface area contributed by atoms with E-state index in [1.165, 1.54) is 18.4 Å². The van der Waals surface area contributed by atoms with Crippen LogP contribution in [0.2, 0.25) is 0 Å². The summed E-state index contributed by atoms with van der Waals surface area (Å²) in [5, 5.41) is 2.91. The van der Waals surface area contributed by atoms with Crippen LogP contribution in [0.1, 0.15) is 49.7 Å². The molecule has 0 saturated carbocycles. The molecule has 1 heterocycles. The molecular formula is C23H29N3O3S. The molecule has 0 unspecified atom stereocenters. The first-order valence-electron chi connectivity index (χ1n) is 10.8. The molecular weight excluding hydrogens is 398 g/mol. The maximum Gasteiger partial charge on any atom is 0.321 e. The number of amides is 2. The summed E-state index contributed by atoms with van der Waals surface area (Å²) in [5.74, 6) is 0. The first-order chi connectivity index (χ1) is 14.5. The summed E-state index contributed by atoms with van der Waals surface area (Å²) < 4.78 is 28.2. The van der Waals surface area contributed by atoms with Gasteiger partial charge in [-0.2, -0.15) is 0 Å². The molecule has 0 bridgehead atoms. The second-order valence-electron chi connectivity index (χ2n) is 8.15. The molecule has 1 fully saturated rings. The number of carbonyl (C=O) groups excluding carboxylic acids is 1. The fraction of sp³-hybridized carbons (Fsp3) is 0.435. The number of aryl methyl sites for hydroxylation is 2. The van der Waals surface area contributed by atoms with E-state index in [9.17, 15) is 13.2 Å². The molecule has 2 aromatic rings. The van der Waals surface area contributed by atoms with Crippen molar-refractivity contribution in [3.05, 3.63) is 53.6 Å². The number of hydrogen-bond donors (Lipinski definition) is 2. The maximum atomic E-state index is 12.8. The zero-order valence-electron chi connectivity index (χ0n) is 17.2. The van der Waals surface area contributed by atoms with Gasteiger partial charge in [-0.3, -0.25) is 4.72 Å². The van der Waals surface area contributed by atoms with E-state index in [2.05, 4.69) is 10.0 Å². The Kier molecular flexibility index (Phi) is 6.27. The molecule has 0 radical (unpaired) electrons. The Morgan fingerprint density at radius 3 is 2.10 bits per heavy atom. The van der Waals surface area contributed by atoms with Gasteiger partial charge in [-0.25, -0.2) is 13.2 Å². The van der Waals surface area contributed by atoms with E-state index >= 15 is 0 Å². The lowest BCUT2D eigenvalue weighted by atomic mass is 9.92. The van der Waals surface area contributed by atoms with Crippen LogP contribution in [0.15, 0.2) is 47.4 Å². The standard InChI is InChI=1S/C23H29N3O3S/c27-23(26-15-5-1-2-6-16-26)24-20-10-12-21(13-11-20)25-30(28,29)22-14-9-18-7-3-4-8-19(18)17-22/h9-14,17,25H,1-8,15-16H2,(H,24,27). The summed E-state index contributed by atoms with van der Waals surface area (Å²) in [6.07, 6.45) is 8.64. The zero-order valence-corrected chi connectivity index (χ0v) is 18.0. The fourth-order valence-corrected chi connectivity index (χ4v) is 5.30. The van der Waals surface area contributed by atoms with Crippen LogP contribution < -0.4 is 10.0 Å². The molecule has 1 aliphatic carbocycles. The minimum absolute atomic E-state index is 0.0979. The quantitative estimate of drug-likeness (QED) is 0.737. The molecule has 2 amide bonds. The second kappa shape index (κ2) is 9.08. The van der Waals surface area contributed by atoms with Crippen LogP contribution in [0.25, 0.3) is 0 Å².